The van der Waals surface area contributed by atoms with Crippen molar-refractivity contribution >= 4 is 8.48 Å². The Morgan fingerprint density at radius 1 is 0.941 bits per heavy atom. The van der Waals surface area contributed by atoms with E-state index >= 15 is 0 Å². The van der Waals surface area contributed by atoms with Crippen LogP contribution < -0.4 is 0 Å². The number of nitrogens with zero attached hydrogens (tertiary/aromatic N) is 2. The fourth-order valence-electron chi connectivity index (χ4n) is 2.07. The highest BCUT2D eigenvalue weighted by Gasteiger charge is 2.32. The summed E-state index contributed by atoms with van der Waals surface area (Å²) < 4.78 is 8.53. The van der Waals surface area contributed by atoms with Crippen molar-refractivity contribution in [1.29, 1.82) is 0 Å². The van der Waals surface area contributed by atoms with E-state index in [0.29, 0.717) is 0 Å². The zero-order valence-electron chi connectivity index (χ0n) is 12.5. The van der Waals surface area contributed by atoms with Crippen molar-refractivity contribution in [2.24, 2.45) is 0 Å². The standard InChI is InChI=1S/C13H30N2OSi/c1-7-14(8-2)12-13-17(6,16-11-5)15(9-3)10-4/h12-13H,7-11H2,1-6H3. The van der Waals surface area contributed by atoms with Gasteiger partial charge >= 0.3 is 0 Å². The van der Waals surface area contributed by atoms with Crippen LogP contribution in [0.2, 0.25) is 6.55 Å². The molecule has 0 aliphatic heterocycles. The predicted octanol–water partition coefficient (Wildman–Crippen LogP) is 2.83. The van der Waals surface area contributed by atoms with Crippen LogP contribution >= 0.6 is 0 Å². The van der Waals surface area contributed by atoms with Gasteiger partial charge in [-0.05, 0) is 52.3 Å². The number of hydrogen-bond acceptors (Lipinski definition) is 3. The van der Waals surface area contributed by atoms with E-state index in [2.05, 4.69) is 62.5 Å². The van der Waals surface area contributed by atoms with Crippen molar-refractivity contribution in [1.82, 2.24) is 9.47 Å². The van der Waals surface area contributed by atoms with Gasteiger partial charge in [0.15, 0.2) is 0 Å². The molecule has 1 unspecified atom stereocenters. The first-order chi connectivity index (χ1) is 8.07. The molecule has 3 nitrogen and oxygen atoms in total. The van der Waals surface area contributed by atoms with Crippen LogP contribution in [0.1, 0.15) is 34.6 Å². The van der Waals surface area contributed by atoms with Gasteiger partial charge in [-0.3, -0.25) is 4.57 Å². The van der Waals surface area contributed by atoms with Gasteiger partial charge in [0.2, 0.25) is 0 Å². The Morgan fingerprint density at radius 3 is 1.82 bits per heavy atom. The second kappa shape index (κ2) is 8.72. The lowest BCUT2D eigenvalue weighted by Crippen LogP contribution is -2.52. The van der Waals surface area contributed by atoms with Crippen LogP contribution in [-0.2, 0) is 4.43 Å². The molecule has 0 saturated heterocycles. The molecular weight excluding hydrogens is 228 g/mol. The molecule has 1 atom stereocenters. The zero-order valence-corrected chi connectivity index (χ0v) is 13.5. The van der Waals surface area contributed by atoms with Crippen molar-refractivity contribution in [3.05, 3.63) is 11.9 Å². The zero-order chi connectivity index (χ0) is 13.3. The summed E-state index contributed by atoms with van der Waals surface area (Å²) in [6.07, 6.45) is 2.22. The highest BCUT2D eigenvalue weighted by Crippen LogP contribution is 2.14. The van der Waals surface area contributed by atoms with Gasteiger partial charge < -0.3 is 9.33 Å². The highest BCUT2D eigenvalue weighted by molar-refractivity contribution is 6.74. The average molecular weight is 258 g/mol. The average Bonchev–Trinajstić information content (AvgIpc) is 2.32. The van der Waals surface area contributed by atoms with E-state index in [9.17, 15) is 0 Å². The maximum Gasteiger partial charge on any atom is 0.295 e. The van der Waals surface area contributed by atoms with Gasteiger partial charge in [-0.15, -0.1) is 0 Å². The molecule has 102 valence electrons. The van der Waals surface area contributed by atoms with E-state index in [1.165, 1.54) is 0 Å². The van der Waals surface area contributed by atoms with E-state index in [0.717, 1.165) is 32.8 Å². The van der Waals surface area contributed by atoms with E-state index < -0.39 is 8.48 Å². The summed E-state index contributed by atoms with van der Waals surface area (Å²) in [6.45, 7) is 18.2. The molecular formula is C13H30N2OSi. The lowest BCUT2D eigenvalue weighted by atomic mass is 10.5. The fraction of sp³-hybridized carbons (Fsp3) is 0.846. The predicted molar refractivity (Wildman–Crippen MR) is 78.2 cm³/mol. The molecule has 0 aliphatic carbocycles. The summed E-state index contributed by atoms with van der Waals surface area (Å²) in [5, 5.41) is 0. The molecule has 0 radical (unpaired) electrons. The monoisotopic (exact) mass is 258 g/mol. The summed E-state index contributed by atoms with van der Waals surface area (Å²) in [5.74, 6) is 0. The van der Waals surface area contributed by atoms with Crippen LogP contribution in [0.4, 0.5) is 0 Å². The summed E-state index contributed by atoms with van der Waals surface area (Å²) in [7, 11) is -1.86. The minimum atomic E-state index is -1.86. The Labute approximate surface area is 109 Å². The van der Waals surface area contributed by atoms with Crippen LogP contribution in [0.25, 0.3) is 0 Å². The molecule has 0 bridgehead atoms. The maximum atomic E-state index is 6.06. The highest BCUT2D eigenvalue weighted by atomic mass is 28.4. The van der Waals surface area contributed by atoms with E-state index in [1.54, 1.807) is 0 Å². The molecule has 0 aromatic carbocycles. The van der Waals surface area contributed by atoms with Crippen molar-refractivity contribution in [2.45, 2.75) is 41.2 Å². The number of hydrogen-bond donors (Lipinski definition) is 0. The van der Waals surface area contributed by atoms with Crippen molar-refractivity contribution in [3.63, 3.8) is 0 Å². The molecule has 0 N–H and O–H groups in total. The van der Waals surface area contributed by atoms with Gasteiger partial charge in [-0.2, -0.15) is 0 Å². The molecule has 0 spiro atoms. The van der Waals surface area contributed by atoms with Crippen molar-refractivity contribution in [2.75, 3.05) is 32.8 Å². The van der Waals surface area contributed by atoms with Crippen LogP contribution in [0.5, 0.6) is 0 Å². The first-order valence-corrected chi connectivity index (χ1v) is 9.33. The molecule has 0 amide bonds. The van der Waals surface area contributed by atoms with E-state index in [1.807, 2.05) is 0 Å². The van der Waals surface area contributed by atoms with Crippen molar-refractivity contribution < 1.29 is 4.43 Å². The Morgan fingerprint density at radius 2 is 1.47 bits per heavy atom. The fourth-order valence-corrected chi connectivity index (χ4v) is 4.88. The Bertz CT molecular complexity index is 215. The normalized spacial score (nSPS) is 15.5. The van der Waals surface area contributed by atoms with E-state index in [-0.39, 0.29) is 0 Å². The minimum Gasteiger partial charge on any atom is -0.400 e. The second-order valence-corrected chi connectivity index (χ2v) is 7.56. The van der Waals surface area contributed by atoms with Crippen LogP contribution in [0.3, 0.4) is 0 Å². The Hall–Kier alpha value is -0.323. The quantitative estimate of drug-likeness (QED) is 0.592. The SMILES string of the molecule is CCO[Si](C)(C=CN(CC)CC)N(CC)CC. The summed E-state index contributed by atoms with van der Waals surface area (Å²) in [5.41, 5.74) is 2.32. The lowest BCUT2D eigenvalue weighted by molar-refractivity contribution is 0.267. The first-order valence-electron chi connectivity index (χ1n) is 6.90. The summed E-state index contributed by atoms with van der Waals surface area (Å²) >= 11 is 0. The van der Waals surface area contributed by atoms with Gasteiger partial charge in [0.1, 0.15) is 0 Å². The third-order valence-corrected chi connectivity index (χ3v) is 6.76. The van der Waals surface area contributed by atoms with E-state index in [4.69, 9.17) is 4.43 Å². The third kappa shape index (κ3) is 5.23. The molecule has 0 saturated carbocycles. The largest absolute Gasteiger partial charge is 0.400 e. The summed E-state index contributed by atoms with van der Waals surface area (Å²) in [4.78, 5) is 2.31. The second-order valence-electron chi connectivity index (χ2n) is 4.20. The van der Waals surface area contributed by atoms with Crippen LogP contribution in [0, 0.1) is 0 Å². The molecule has 0 fully saturated rings. The summed E-state index contributed by atoms with van der Waals surface area (Å²) in [6, 6.07) is 0. The lowest BCUT2D eigenvalue weighted by Gasteiger charge is -2.35. The van der Waals surface area contributed by atoms with Gasteiger partial charge in [0, 0.05) is 19.7 Å². The third-order valence-electron chi connectivity index (χ3n) is 3.23. The van der Waals surface area contributed by atoms with Gasteiger partial charge in [-0.25, -0.2) is 0 Å². The van der Waals surface area contributed by atoms with Crippen molar-refractivity contribution in [3.8, 4) is 0 Å². The molecule has 4 heteroatoms. The molecule has 0 aromatic heterocycles. The van der Waals surface area contributed by atoms with Gasteiger partial charge in [0.05, 0.1) is 0 Å². The van der Waals surface area contributed by atoms with Crippen LogP contribution in [0.15, 0.2) is 11.9 Å². The molecule has 17 heavy (non-hydrogen) atoms. The molecule has 0 aliphatic rings. The minimum absolute atomic E-state index is 0.793. The maximum absolute atomic E-state index is 6.06. The molecule has 0 rings (SSSR count). The Kier molecular flexibility index (Phi) is 8.56. The molecule has 0 heterocycles. The molecule has 0 aromatic rings. The first kappa shape index (κ1) is 16.7. The van der Waals surface area contributed by atoms with Gasteiger partial charge in [-0.1, -0.05) is 13.8 Å². The number of rotatable bonds is 9. The smallest absolute Gasteiger partial charge is 0.295 e. The Balaban J connectivity index is 4.80. The topological polar surface area (TPSA) is 15.7 Å². The van der Waals surface area contributed by atoms with Crippen LogP contribution in [-0.4, -0.2) is 50.7 Å². The van der Waals surface area contributed by atoms with Gasteiger partial charge in [0.25, 0.3) is 8.48 Å².